The molecular formula is C36H32. The van der Waals surface area contributed by atoms with Crippen molar-refractivity contribution in [2.24, 2.45) is 0 Å². The second-order valence-electron chi connectivity index (χ2n) is 10.8. The van der Waals surface area contributed by atoms with Crippen LogP contribution < -0.4 is 0 Å². The third-order valence-electron chi connectivity index (χ3n) is 8.07. The number of hydrogen-bond acceptors (Lipinski definition) is 0. The summed E-state index contributed by atoms with van der Waals surface area (Å²) in [5.74, 6) is 0. The molecule has 0 saturated carbocycles. The molecule has 0 heterocycles. The fourth-order valence-electron chi connectivity index (χ4n) is 6.08. The second kappa shape index (κ2) is 8.35. The van der Waals surface area contributed by atoms with Gasteiger partial charge in [0.25, 0.3) is 0 Å². The Balaban J connectivity index is 1.68. The molecule has 36 heavy (non-hydrogen) atoms. The van der Waals surface area contributed by atoms with Gasteiger partial charge in [0, 0.05) is 5.41 Å². The maximum absolute atomic E-state index is 2.48. The predicted octanol–water partition coefficient (Wildman–Crippen LogP) is 9.92. The quantitative estimate of drug-likeness (QED) is 0.249. The molecule has 0 bridgehead atoms. The third kappa shape index (κ3) is 3.44. The zero-order valence-electron chi connectivity index (χ0n) is 21.8. The zero-order chi connectivity index (χ0) is 25.0. The smallest absolute Gasteiger partial charge is 0.0159 e. The summed E-state index contributed by atoms with van der Waals surface area (Å²) in [7, 11) is 0. The molecule has 5 aromatic rings. The van der Waals surface area contributed by atoms with E-state index in [0.29, 0.717) is 0 Å². The molecule has 0 fully saturated rings. The first-order valence-corrected chi connectivity index (χ1v) is 12.9. The van der Waals surface area contributed by atoms with Crippen molar-refractivity contribution < 1.29 is 0 Å². The number of fused-ring (bicyclic) bond motifs is 3. The molecule has 0 atom stereocenters. The van der Waals surface area contributed by atoms with Crippen molar-refractivity contribution in [1.82, 2.24) is 0 Å². The van der Waals surface area contributed by atoms with Crippen molar-refractivity contribution in [3.05, 3.63) is 131 Å². The molecule has 5 aromatic carbocycles. The molecule has 0 nitrogen and oxygen atoms in total. The Morgan fingerprint density at radius 1 is 0.472 bits per heavy atom. The van der Waals surface area contributed by atoms with E-state index in [9.17, 15) is 0 Å². The lowest BCUT2D eigenvalue weighted by Gasteiger charge is -2.25. The Hall–Kier alpha value is -3.90. The molecule has 0 aliphatic heterocycles. The fraction of sp³-hybridized carbons (Fsp3) is 0.167. The van der Waals surface area contributed by atoms with Crippen molar-refractivity contribution in [3.8, 4) is 44.5 Å². The molecule has 0 spiro atoms. The lowest BCUT2D eigenvalue weighted by Crippen LogP contribution is -2.15. The Morgan fingerprint density at radius 3 is 1.94 bits per heavy atom. The lowest BCUT2D eigenvalue weighted by molar-refractivity contribution is 0.660. The van der Waals surface area contributed by atoms with Crippen molar-refractivity contribution in [3.63, 3.8) is 0 Å². The molecule has 0 aromatic heterocycles. The topological polar surface area (TPSA) is 0 Å². The molecule has 0 N–H and O–H groups in total. The summed E-state index contributed by atoms with van der Waals surface area (Å²) < 4.78 is 0. The van der Waals surface area contributed by atoms with Gasteiger partial charge < -0.3 is 0 Å². The molecule has 6 rings (SSSR count). The van der Waals surface area contributed by atoms with E-state index in [1.807, 2.05) is 0 Å². The van der Waals surface area contributed by atoms with Crippen molar-refractivity contribution in [1.29, 1.82) is 0 Å². The van der Waals surface area contributed by atoms with E-state index in [1.54, 1.807) is 0 Å². The van der Waals surface area contributed by atoms with Crippen LogP contribution in [0.1, 0.15) is 41.7 Å². The maximum Gasteiger partial charge on any atom is 0.0159 e. The minimum absolute atomic E-state index is 0.0619. The first kappa shape index (κ1) is 22.6. The standard InChI is InChI=1S/C36H32/c1-23-18-19-30-32(20-23)36(4,5)33-22-31(25(3)34(35(30)33)29-17-10-9-12-24(29)2)28-16-11-15-27(21-28)26-13-7-6-8-14-26/h6-22H,1-5H3. The van der Waals surface area contributed by atoms with Gasteiger partial charge >= 0.3 is 0 Å². The van der Waals surface area contributed by atoms with Gasteiger partial charge in [0.05, 0.1) is 0 Å². The highest BCUT2D eigenvalue weighted by atomic mass is 14.4. The van der Waals surface area contributed by atoms with Crippen LogP contribution in [0.15, 0.2) is 103 Å². The minimum atomic E-state index is -0.0619. The van der Waals surface area contributed by atoms with Crippen LogP contribution in [0, 0.1) is 20.8 Å². The molecule has 1 aliphatic rings. The molecule has 176 valence electrons. The first-order chi connectivity index (χ1) is 17.4. The Kier molecular flexibility index (Phi) is 5.23. The largest absolute Gasteiger partial charge is 0.0622 e. The molecular weight excluding hydrogens is 432 g/mol. The summed E-state index contributed by atoms with van der Waals surface area (Å²) in [4.78, 5) is 0. The Bertz CT molecular complexity index is 1620. The number of hydrogen-bond donors (Lipinski definition) is 0. The van der Waals surface area contributed by atoms with E-state index in [2.05, 4.69) is 138 Å². The number of benzene rings is 5. The van der Waals surface area contributed by atoms with Crippen LogP contribution in [0.5, 0.6) is 0 Å². The molecule has 0 amide bonds. The highest BCUT2D eigenvalue weighted by Gasteiger charge is 2.38. The summed E-state index contributed by atoms with van der Waals surface area (Å²) >= 11 is 0. The van der Waals surface area contributed by atoms with Gasteiger partial charge in [-0.1, -0.05) is 110 Å². The van der Waals surface area contributed by atoms with Crippen LogP contribution in [0.2, 0.25) is 0 Å². The van der Waals surface area contributed by atoms with Gasteiger partial charge in [-0.05, 0) is 99.7 Å². The summed E-state index contributed by atoms with van der Waals surface area (Å²) in [6.45, 7) is 11.5. The molecule has 0 radical (unpaired) electrons. The van der Waals surface area contributed by atoms with Crippen LogP contribution in [0.25, 0.3) is 44.5 Å². The van der Waals surface area contributed by atoms with Gasteiger partial charge in [0.15, 0.2) is 0 Å². The van der Waals surface area contributed by atoms with Crippen LogP contribution in [0.4, 0.5) is 0 Å². The highest BCUT2D eigenvalue weighted by Crippen LogP contribution is 2.55. The third-order valence-corrected chi connectivity index (χ3v) is 8.07. The van der Waals surface area contributed by atoms with Crippen molar-refractivity contribution >= 4 is 0 Å². The zero-order valence-corrected chi connectivity index (χ0v) is 21.8. The van der Waals surface area contributed by atoms with E-state index in [-0.39, 0.29) is 5.41 Å². The van der Waals surface area contributed by atoms with E-state index in [1.165, 1.54) is 72.3 Å². The van der Waals surface area contributed by atoms with E-state index in [0.717, 1.165) is 0 Å². The van der Waals surface area contributed by atoms with E-state index in [4.69, 9.17) is 0 Å². The van der Waals surface area contributed by atoms with Crippen molar-refractivity contribution in [2.75, 3.05) is 0 Å². The summed E-state index contributed by atoms with van der Waals surface area (Å²) in [5, 5.41) is 0. The molecule has 1 aliphatic carbocycles. The SMILES string of the molecule is Cc1ccc2c(c1)C(C)(C)c1cc(-c3cccc(-c4ccccc4)c3)c(C)c(-c3ccccc3C)c1-2. The van der Waals surface area contributed by atoms with Crippen LogP contribution in [0.3, 0.4) is 0 Å². The van der Waals surface area contributed by atoms with Gasteiger partial charge in [-0.3, -0.25) is 0 Å². The fourth-order valence-corrected chi connectivity index (χ4v) is 6.08. The minimum Gasteiger partial charge on any atom is -0.0622 e. The Morgan fingerprint density at radius 2 is 1.17 bits per heavy atom. The highest BCUT2D eigenvalue weighted by molar-refractivity contribution is 5.98. The van der Waals surface area contributed by atoms with Gasteiger partial charge in [0.1, 0.15) is 0 Å². The van der Waals surface area contributed by atoms with E-state index < -0.39 is 0 Å². The molecule has 0 unspecified atom stereocenters. The van der Waals surface area contributed by atoms with E-state index >= 15 is 0 Å². The second-order valence-corrected chi connectivity index (χ2v) is 10.8. The summed E-state index contributed by atoms with van der Waals surface area (Å²) in [5.41, 5.74) is 17.4. The maximum atomic E-state index is 2.48. The average Bonchev–Trinajstić information content (AvgIpc) is 3.10. The van der Waals surface area contributed by atoms with Gasteiger partial charge in [-0.15, -0.1) is 0 Å². The van der Waals surface area contributed by atoms with Crippen LogP contribution in [-0.2, 0) is 5.41 Å². The number of rotatable bonds is 3. The van der Waals surface area contributed by atoms with Crippen molar-refractivity contribution in [2.45, 2.75) is 40.0 Å². The summed E-state index contributed by atoms with van der Waals surface area (Å²) in [6, 6.07) is 38.0. The Labute approximate surface area is 215 Å². The van der Waals surface area contributed by atoms with Gasteiger partial charge in [-0.25, -0.2) is 0 Å². The molecule has 0 saturated heterocycles. The van der Waals surface area contributed by atoms with Crippen LogP contribution >= 0.6 is 0 Å². The van der Waals surface area contributed by atoms with Gasteiger partial charge in [-0.2, -0.15) is 0 Å². The normalized spacial score (nSPS) is 13.4. The lowest BCUT2D eigenvalue weighted by atomic mass is 9.78. The first-order valence-electron chi connectivity index (χ1n) is 12.9. The molecule has 0 heteroatoms. The van der Waals surface area contributed by atoms with Crippen LogP contribution in [-0.4, -0.2) is 0 Å². The predicted molar refractivity (Wildman–Crippen MR) is 155 cm³/mol. The monoisotopic (exact) mass is 464 g/mol. The average molecular weight is 465 g/mol. The number of aryl methyl sites for hydroxylation is 2. The van der Waals surface area contributed by atoms with Gasteiger partial charge in [0.2, 0.25) is 0 Å². The summed E-state index contributed by atoms with van der Waals surface area (Å²) in [6.07, 6.45) is 0.